The third-order valence-corrected chi connectivity index (χ3v) is 3.04. The van der Waals surface area contributed by atoms with Crippen LogP contribution in [0.15, 0.2) is 48.7 Å². The van der Waals surface area contributed by atoms with E-state index in [-0.39, 0.29) is 6.03 Å². The summed E-state index contributed by atoms with van der Waals surface area (Å²) in [6, 6.07) is 12.9. The second kappa shape index (κ2) is 9.55. The molecule has 0 bridgehead atoms. The quantitative estimate of drug-likeness (QED) is 0.734. The highest BCUT2D eigenvalue weighted by atomic mass is 16.5. The zero-order valence-corrected chi connectivity index (χ0v) is 13.1. The monoisotopic (exact) mass is 315 g/mol. The number of nitrogens with zero attached hydrogens (tertiary/aromatic N) is 1. The van der Waals surface area contributed by atoms with Crippen molar-refractivity contribution in [3.63, 3.8) is 0 Å². The van der Waals surface area contributed by atoms with E-state index in [4.69, 9.17) is 9.47 Å². The number of ether oxygens (including phenoxy) is 2. The zero-order chi connectivity index (χ0) is 16.3. The number of anilines is 1. The summed E-state index contributed by atoms with van der Waals surface area (Å²) in [4.78, 5) is 16.0. The molecule has 0 radical (unpaired) electrons. The van der Waals surface area contributed by atoms with E-state index in [1.807, 2.05) is 42.5 Å². The van der Waals surface area contributed by atoms with Gasteiger partial charge in [-0.3, -0.25) is 4.98 Å². The van der Waals surface area contributed by atoms with Gasteiger partial charge in [0.2, 0.25) is 0 Å². The van der Waals surface area contributed by atoms with Crippen LogP contribution >= 0.6 is 0 Å². The second-order valence-electron chi connectivity index (χ2n) is 4.87. The van der Waals surface area contributed by atoms with E-state index < -0.39 is 0 Å². The molecule has 23 heavy (non-hydrogen) atoms. The van der Waals surface area contributed by atoms with E-state index in [1.54, 1.807) is 13.3 Å². The van der Waals surface area contributed by atoms with Crippen molar-refractivity contribution in [1.29, 1.82) is 0 Å². The third-order valence-electron chi connectivity index (χ3n) is 3.04. The SMILES string of the molecule is COCCOCc1cccc(NC(=O)NCc2ccccn2)c1. The topological polar surface area (TPSA) is 72.5 Å². The maximum Gasteiger partial charge on any atom is 0.319 e. The van der Waals surface area contributed by atoms with Crippen LogP contribution in [0.4, 0.5) is 10.5 Å². The lowest BCUT2D eigenvalue weighted by Gasteiger charge is -2.09. The van der Waals surface area contributed by atoms with Crippen LogP contribution in [0.5, 0.6) is 0 Å². The van der Waals surface area contributed by atoms with Crippen LogP contribution in [0.1, 0.15) is 11.3 Å². The van der Waals surface area contributed by atoms with Crippen LogP contribution in [0.25, 0.3) is 0 Å². The van der Waals surface area contributed by atoms with E-state index in [2.05, 4.69) is 15.6 Å². The molecule has 0 aliphatic rings. The Kier molecular flexibility index (Phi) is 7.03. The lowest BCUT2D eigenvalue weighted by atomic mass is 10.2. The molecule has 0 aliphatic carbocycles. The summed E-state index contributed by atoms with van der Waals surface area (Å²) in [6.07, 6.45) is 1.70. The summed E-state index contributed by atoms with van der Waals surface area (Å²) in [5, 5.41) is 5.56. The summed E-state index contributed by atoms with van der Waals surface area (Å²) in [5.41, 5.74) is 2.52. The molecule has 0 aliphatic heterocycles. The number of carbonyl (C=O) groups excluding carboxylic acids is 1. The third kappa shape index (κ3) is 6.46. The van der Waals surface area contributed by atoms with Gasteiger partial charge in [-0.2, -0.15) is 0 Å². The van der Waals surface area contributed by atoms with Gasteiger partial charge in [0.15, 0.2) is 0 Å². The van der Waals surface area contributed by atoms with E-state index in [0.29, 0.717) is 26.4 Å². The number of rotatable bonds is 8. The van der Waals surface area contributed by atoms with Crippen LogP contribution in [0.3, 0.4) is 0 Å². The number of hydrogen-bond donors (Lipinski definition) is 2. The number of amides is 2. The van der Waals surface area contributed by atoms with Gasteiger partial charge in [-0.15, -0.1) is 0 Å². The molecule has 2 amide bonds. The first-order valence-corrected chi connectivity index (χ1v) is 7.38. The number of hydrogen-bond acceptors (Lipinski definition) is 4. The van der Waals surface area contributed by atoms with Crippen LogP contribution in [0.2, 0.25) is 0 Å². The predicted octanol–water partition coefficient (Wildman–Crippen LogP) is 2.57. The van der Waals surface area contributed by atoms with E-state index in [0.717, 1.165) is 16.9 Å². The summed E-state index contributed by atoms with van der Waals surface area (Å²) < 4.78 is 10.4. The molecular weight excluding hydrogens is 294 g/mol. The van der Waals surface area contributed by atoms with Gasteiger partial charge in [-0.1, -0.05) is 18.2 Å². The number of aromatic nitrogens is 1. The standard InChI is InChI=1S/C17H21N3O3/c1-22-9-10-23-13-14-5-4-7-15(11-14)20-17(21)19-12-16-6-2-3-8-18-16/h2-8,11H,9-10,12-13H2,1H3,(H2,19,20,21). The molecule has 1 aromatic carbocycles. The Labute approximate surface area is 135 Å². The average Bonchev–Trinajstić information content (AvgIpc) is 2.58. The van der Waals surface area contributed by atoms with E-state index in [1.165, 1.54) is 0 Å². The molecule has 6 nitrogen and oxygen atoms in total. The molecule has 0 unspecified atom stereocenters. The molecule has 0 spiro atoms. The summed E-state index contributed by atoms with van der Waals surface area (Å²) in [7, 11) is 1.64. The number of urea groups is 1. The van der Waals surface area contributed by atoms with Crippen LogP contribution in [0, 0.1) is 0 Å². The summed E-state index contributed by atoms with van der Waals surface area (Å²) in [6.45, 7) is 1.97. The Bertz CT molecular complexity index is 605. The average molecular weight is 315 g/mol. The molecule has 2 N–H and O–H groups in total. The lowest BCUT2D eigenvalue weighted by Crippen LogP contribution is -2.28. The predicted molar refractivity (Wildman–Crippen MR) is 88.1 cm³/mol. The van der Waals surface area contributed by atoms with Crippen molar-refractivity contribution in [1.82, 2.24) is 10.3 Å². The number of nitrogens with one attached hydrogen (secondary N) is 2. The molecular formula is C17H21N3O3. The Morgan fingerprint density at radius 2 is 2.09 bits per heavy atom. The molecule has 0 saturated heterocycles. The lowest BCUT2D eigenvalue weighted by molar-refractivity contribution is 0.0617. The van der Waals surface area contributed by atoms with Gasteiger partial charge < -0.3 is 20.1 Å². The van der Waals surface area contributed by atoms with E-state index >= 15 is 0 Å². The van der Waals surface area contributed by atoms with E-state index in [9.17, 15) is 4.79 Å². The minimum atomic E-state index is -0.270. The Balaban J connectivity index is 1.78. The van der Waals surface area contributed by atoms with Gasteiger partial charge in [0.05, 0.1) is 32.1 Å². The molecule has 122 valence electrons. The fourth-order valence-corrected chi connectivity index (χ4v) is 1.92. The number of pyridine rings is 1. The van der Waals surface area contributed by atoms with Gasteiger partial charge >= 0.3 is 6.03 Å². The highest BCUT2D eigenvalue weighted by Crippen LogP contribution is 2.11. The van der Waals surface area contributed by atoms with Crippen molar-refractivity contribution in [2.45, 2.75) is 13.2 Å². The van der Waals surface area contributed by atoms with Crippen LogP contribution < -0.4 is 10.6 Å². The number of carbonyl (C=O) groups is 1. The van der Waals surface area contributed by atoms with Crippen molar-refractivity contribution in [3.8, 4) is 0 Å². The molecule has 0 atom stereocenters. The van der Waals surface area contributed by atoms with Crippen molar-refractivity contribution >= 4 is 11.7 Å². The first-order chi connectivity index (χ1) is 11.3. The van der Waals surface area contributed by atoms with Crippen molar-refractivity contribution in [3.05, 3.63) is 59.9 Å². The Hall–Kier alpha value is -2.44. The fourth-order valence-electron chi connectivity index (χ4n) is 1.92. The molecule has 0 fully saturated rings. The Morgan fingerprint density at radius 1 is 1.17 bits per heavy atom. The first-order valence-electron chi connectivity index (χ1n) is 7.38. The highest BCUT2D eigenvalue weighted by molar-refractivity contribution is 5.89. The van der Waals surface area contributed by atoms with Gasteiger partial charge in [0, 0.05) is 19.0 Å². The summed E-state index contributed by atoms with van der Waals surface area (Å²) in [5.74, 6) is 0. The largest absolute Gasteiger partial charge is 0.382 e. The molecule has 0 saturated carbocycles. The van der Waals surface area contributed by atoms with Crippen molar-refractivity contribution in [2.24, 2.45) is 0 Å². The normalized spacial score (nSPS) is 10.3. The minimum absolute atomic E-state index is 0.270. The van der Waals surface area contributed by atoms with Gasteiger partial charge in [-0.05, 0) is 29.8 Å². The highest BCUT2D eigenvalue weighted by Gasteiger charge is 2.03. The number of methoxy groups -OCH3 is 1. The molecule has 2 rings (SSSR count). The Morgan fingerprint density at radius 3 is 2.87 bits per heavy atom. The molecule has 1 heterocycles. The second-order valence-corrected chi connectivity index (χ2v) is 4.87. The molecule has 6 heteroatoms. The maximum absolute atomic E-state index is 11.9. The number of benzene rings is 1. The molecule has 1 aromatic heterocycles. The van der Waals surface area contributed by atoms with Gasteiger partial charge in [0.25, 0.3) is 0 Å². The zero-order valence-electron chi connectivity index (χ0n) is 13.1. The van der Waals surface area contributed by atoms with Crippen LogP contribution in [-0.4, -0.2) is 31.3 Å². The first kappa shape index (κ1) is 16.9. The van der Waals surface area contributed by atoms with Gasteiger partial charge in [-0.25, -0.2) is 4.79 Å². The van der Waals surface area contributed by atoms with Crippen molar-refractivity contribution < 1.29 is 14.3 Å². The maximum atomic E-state index is 11.9. The fraction of sp³-hybridized carbons (Fsp3) is 0.294. The van der Waals surface area contributed by atoms with Gasteiger partial charge in [0.1, 0.15) is 0 Å². The smallest absolute Gasteiger partial charge is 0.319 e. The van der Waals surface area contributed by atoms with Crippen molar-refractivity contribution in [2.75, 3.05) is 25.6 Å². The van der Waals surface area contributed by atoms with Crippen LogP contribution in [-0.2, 0) is 22.6 Å². The summed E-state index contributed by atoms with van der Waals surface area (Å²) >= 11 is 0. The minimum Gasteiger partial charge on any atom is -0.382 e. The molecule has 2 aromatic rings.